The molecule has 0 radical (unpaired) electrons. The summed E-state index contributed by atoms with van der Waals surface area (Å²) in [7, 11) is -9.58. The van der Waals surface area contributed by atoms with E-state index in [1.165, 1.54) is 10.9 Å². The lowest BCUT2D eigenvalue weighted by molar-refractivity contribution is -0.0483. The molecule has 4 aliphatic heterocycles. The molecular formula is C19H27ClN6O11P2. The normalized spacial score (nSPS) is 32.3. The van der Waals surface area contributed by atoms with E-state index in [2.05, 4.69) is 25.2 Å². The minimum absolute atomic E-state index is 0.0280. The van der Waals surface area contributed by atoms with Gasteiger partial charge in [-0.25, -0.2) is 9.78 Å². The highest BCUT2D eigenvalue weighted by Gasteiger charge is 2.46. The van der Waals surface area contributed by atoms with E-state index in [1.807, 2.05) is 0 Å². The van der Waals surface area contributed by atoms with Crippen molar-refractivity contribution in [3.63, 3.8) is 0 Å². The lowest BCUT2D eigenvalue weighted by atomic mass is 9.86. The molecule has 216 valence electrons. The fourth-order valence-corrected chi connectivity index (χ4v) is 7.77. The van der Waals surface area contributed by atoms with Crippen LogP contribution < -0.4 is 5.32 Å². The zero-order valence-electron chi connectivity index (χ0n) is 20.2. The van der Waals surface area contributed by atoms with Crippen molar-refractivity contribution in [2.24, 2.45) is 5.92 Å². The number of anilines is 1. The Bertz CT molecular complexity index is 1330. The molecule has 0 aliphatic carbocycles. The molecule has 4 fully saturated rings. The number of amides is 1. The number of aromatic nitrogens is 4. The first-order chi connectivity index (χ1) is 18.3. The summed E-state index contributed by atoms with van der Waals surface area (Å²) in [5.74, 6) is -1.19. The monoisotopic (exact) mass is 612 g/mol. The summed E-state index contributed by atoms with van der Waals surface area (Å²) in [6.07, 6.45) is -3.78. The summed E-state index contributed by atoms with van der Waals surface area (Å²) < 4.78 is 40.1. The molecule has 4 saturated heterocycles. The third kappa shape index (κ3) is 6.44. The zero-order chi connectivity index (χ0) is 28.1. The van der Waals surface area contributed by atoms with Gasteiger partial charge < -0.3 is 38.9 Å². The van der Waals surface area contributed by atoms with Crippen LogP contribution in [0.25, 0.3) is 11.2 Å². The van der Waals surface area contributed by atoms with Crippen molar-refractivity contribution in [3.05, 3.63) is 11.6 Å². The molecule has 4 aliphatic rings. The molecule has 2 aromatic rings. The van der Waals surface area contributed by atoms with Crippen molar-refractivity contribution >= 4 is 49.9 Å². The Labute approximate surface area is 225 Å². The maximum Gasteiger partial charge on any atom is 0.413 e. The van der Waals surface area contributed by atoms with Crippen LogP contribution in [0.2, 0.25) is 5.28 Å². The van der Waals surface area contributed by atoms with Gasteiger partial charge in [0.15, 0.2) is 29.1 Å². The summed E-state index contributed by atoms with van der Waals surface area (Å²) in [6.45, 7) is 1.86. The van der Waals surface area contributed by atoms with Crippen molar-refractivity contribution in [3.8, 4) is 0 Å². The number of halogens is 1. The van der Waals surface area contributed by atoms with Crippen molar-refractivity contribution in [1.29, 1.82) is 0 Å². The summed E-state index contributed by atoms with van der Waals surface area (Å²) >= 11 is 6.08. The molecule has 0 aromatic carbocycles. The van der Waals surface area contributed by atoms with Crippen molar-refractivity contribution in [2.45, 2.75) is 43.5 Å². The summed E-state index contributed by atoms with van der Waals surface area (Å²) in [4.78, 5) is 54.7. The van der Waals surface area contributed by atoms with E-state index in [0.717, 1.165) is 25.9 Å². The van der Waals surface area contributed by atoms with Gasteiger partial charge in [0.05, 0.1) is 12.9 Å². The number of carbonyl (C=O) groups excluding carboxylic acids is 1. The highest BCUT2D eigenvalue weighted by Crippen LogP contribution is 2.55. The number of piperidine rings is 3. The SMILES string of the molecule is O=C(Nc1nc(Cl)nc2c1ncn2[C@@H]1O[C@H](COP(=O)(O)CP(=O)(O)O)C(O)C1O)OC1CN2CCC1CC2. The standard InChI is InChI=1S/C19H27ClN6O11P2/c20-18-22-15(23-19(29)37-10-5-25-3-1-9(10)2-4-25)12-16(24-18)26(7-21-12)17-14(28)13(27)11(36-17)6-35-39(33,34)8-38(30,31)32/h7,9-11,13-14,17,27-28H,1-6,8H2,(H,33,34)(H2,30,31,32)(H,22,23,24,29)/t10?,11-,13?,14?,17-/m1/s1. The fraction of sp³-hybridized carbons (Fsp3) is 0.684. The van der Waals surface area contributed by atoms with Gasteiger partial charge in [0.2, 0.25) is 5.28 Å². The molecule has 6 rings (SSSR count). The molecule has 2 aromatic heterocycles. The quantitative estimate of drug-likeness (QED) is 0.171. The Kier molecular flexibility index (Phi) is 8.05. The highest BCUT2D eigenvalue weighted by atomic mass is 35.5. The lowest BCUT2D eigenvalue weighted by Crippen LogP contribution is -2.52. The van der Waals surface area contributed by atoms with Crippen LogP contribution in [-0.2, 0) is 23.1 Å². The van der Waals surface area contributed by atoms with Crippen LogP contribution in [0, 0.1) is 5.92 Å². The molecule has 1 amide bonds. The van der Waals surface area contributed by atoms with Gasteiger partial charge >= 0.3 is 21.3 Å². The van der Waals surface area contributed by atoms with Crippen LogP contribution in [0.15, 0.2) is 6.33 Å². The second-order valence-corrected chi connectivity index (χ2v) is 14.0. The number of rotatable bonds is 8. The third-order valence-corrected chi connectivity index (χ3v) is 10.5. The second kappa shape index (κ2) is 10.9. The second-order valence-electron chi connectivity index (χ2n) is 9.66. The van der Waals surface area contributed by atoms with Crippen LogP contribution in [0.1, 0.15) is 19.1 Å². The largest absolute Gasteiger partial charge is 0.444 e. The zero-order valence-corrected chi connectivity index (χ0v) is 22.7. The first-order valence-corrected chi connectivity index (χ1v) is 15.9. The van der Waals surface area contributed by atoms with Crippen LogP contribution in [0.5, 0.6) is 0 Å². The highest BCUT2D eigenvalue weighted by molar-refractivity contribution is 7.70. The molecule has 20 heteroatoms. The number of nitrogens with zero attached hydrogens (tertiary/aromatic N) is 5. The van der Waals surface area contributed by atoms with Crippen LogP contribution >= 0.6 is 26.8 Å². The Morgan fingerprint density at radius 2 is 1.90 bits per heavy atom. The summed E-state index contributed by atoms with van der Waals surface area (Å²) in [5, 5.41) is 23.3. The van der Waals surface area contributed by atoms with Crippen LogP contribution in [0.4, 0.5) is 10.6 Å². The average molecular weight is 613 g/mol. The van der Waals surface area contributed by atoms with Crippen LogP contribution in [0.3, 0.4) is 0 Å². The number of carbonyl (C=O) groups is 1. The van der Waals surface area contributed by atoms with Gasteiger partial charge in [0.1, 0.15) is 24.4 Å². The average Bonchev–Trinajstić information content (AvgIpc) is 3.38. The number of aliphatic hydroxyl groups is 2. The van der Waals surface area contributed by atoms with Gasteiger partial charge in [-0.15, -0.1) is 0 Å². The van der Waals surface area contributed by atoms with Gasteiger partial charge in [-0.1, -0.05) is 0 Å². The van der Waals surface area contributed by atoms with Crippen molar-refractivity contribution in [2.75, 3.05) is 37.5 Å². The molecule has 2 bridgehead atoms. The Hall–Kier alpha value is -1.75. The van der Waals surface area contributed by atoms with E-state index in [1.54, 1.807) is 0 Å². The molecule has 6 heterocycles. The molecule has 6 N–H and O–H groups in total. The maximum absolute atomic E-state index is 12.7. The number of hydrogen-bond donors (Lipinski definition) is 6. The van der Waals surface area contributed by atoms with Gasteiger partial charge in [-0.05, 0) is 43.5 Å². The van der Waals surface area contributed by atoms with Gasteiger partial charge in [0.25, 0.3) is 0 Å². The minimum Gasteiger partial charge on any atom is -0.444 e. The van der Waals surface area contributed by atoms with Crippen molar-refractivity contribution in [1.82, 2.24) is 24.4 Å². The first-order valence-electron chi connectivity index (χ1n) is 11.9. The number of nitrogens with one attached hydrogen (secondary N) is 1. The molecule has 17 nitrogen and oxygen atoms in total. The topological polar surface area (TPSA) is 239 Å². The number of aliphatic hydroxyl groups excluding tert-OH is 2. The van der Waals surface area contributed by atoms with E-state index in [-0.39, 0.29) is 34.3 Å². The van der Waals surface area contributed by atoms with Gasteiger partial charge in [0, 0.05) is 6.54 Å². The first kappa shape index (κ1) is 28.8. The molecular weight excluding hydrogens is 586 g/mol. The molecule has 0 spiro atoms. The van der Waals surface area contributed by atoms with Gasteiger partial charge in [-0.3, -0.25) is 23.9 Å². The number of fused-ring (bicyclic) bond motifs is 4. The molecule has 39 heavy (non-hydrogen) atoms. The van der Waals surface area contributed by atoms with E-state index >= 15 is 0 Å². The summed E-state index contributed by atoms with van der Waals surface area (Å²) in [5.41, 5.74) is 0.108. The fourth-order valence-electron chi connectivity index (χ4n) is 5.03. The maximum atomic E-state index is 12.7. The predicted octanol–water partition coefficient (Wildman–Crippen LogP) is 0.0788. The van der Waals surface area contributed by atoms with E-state index in [4.69, 9.17) is 35.4 Å². The predicted molar refractivity (Wildman–Crippen MR) is 132 cm³/mol. The Morgan fingerprint density at radius 1 is 1.18 bits per heavy atom. The Morgan fingerprint density at radius 3 is 2.54 bits per heavy atom. The molecule has 4 unspecified atom stereocenters. The number of hydrogen-bond acceptors (Lipinski definition) is 12. The van der Waals surface area contributed by atoms with E-state index in [0.29, 0.717) is 6.54 Å². The lowest BCUT2D eigenvalue weighted by Gasteiger charge is -2.43. The van der Waals surface area contributed by atoms with E-state index in [9.17, 15) is 29.0 Å². The van der Waals surface area contributed by atoms with Crippen molar-refractivity contribution < 1.29 is 52.8 Å². The Balaban J connectivity index is 1.29. The number of imidazole rings is 1. The van der Waals surface area contributed by atoms with Crippen LogP contribution in [-0.4, -0.2) is 112 Å². The van der Waals surface area contributed by atoms with Gasteiger partial charge in [-0.2, -0.15) is 9.97 Å². The third-order valence-electron chi connectivity index (χ3n) is 6.88. The molecule has 0 saturated carbocycles. The molecule has 6 atom stereocenters. The smallest absolute Gasteiger partial charge is 0.413 e. The number of ether oxygens (including phenoxy) is 2. The van der Waals surface area contributed by atoms with E-state index < -0.39 is 58.3 Å². The minimum atomic E-state index is -4.86. The summed E-state index contributed by atoms with van der Waals surface area (Å²) in [6, 6.07) is 0.